The molecule has 1 aliphatic heterocycles. The number of carbonyl (C=O) groups excluding carboxylic acids is 1. The second-order valence-corrected chi connectivity index (χ2v) is 5.28. The first-order chi connectivity index (χ1) is 8.79. The van der Waals surface area contributed by atoms with Crippen LogP contribution in [0.3, 0.4) is 0 Å². The number of aliphatic hydroxyl groups excluding tert-OH is 1. The van der Waals surface area contributed by atoms with Gasteiger partial charge in [-0.2, -0.15) is 0 Å². The Labute approximate surface area is 108 Å². The number of hydrogen-bond acceptors (Lipinski definition) is 4. The fraction of sp³-hybridized carbons (Fsp3) is 0.923. The Bertz CT molecular complexity index is 267. The molecule has 2 rings (SSSR count). The zero-order chi connectivity index (χ0) is 12.8. The SMILES string of the molecule is O=C(CN1CCOCC1CO)NC1CCCCC1. The van der Waals surface area contributed by atoms with Crippen LogP contribution in [0.1, 0.15) is 32.1 Å². The summed E-state index contributed by atoms with van der Waals surface area (Å²) >= 11 is 0. The lowest BCUT2D eigenvalue weighted by Crippen LogP contribution is -2.52. The molecule has 1 atom stereocenters. The van der Waals surface area contributed by atoms with E-state index in [1.54, 1.807) is 0 Å². The van der Waals surface area contributed by atoms with Crippen molar-refractivity contribution in [1.82, 2.24) is 10.2 Å². The Balaban J connectivity index is 1.75. The molecule has 0 aromatic rings. The van der Waals surface area contributed by atoms with E-state index < -0.39 is 0 Å². The molecule has 1 unspecified atom stereocenters. The van der Waals surface area contributed by atoms with E-state index >= 15 is 0 Å². The number of carbonyl (C=O) groups is 1. The summed E-state index contributed by atoms with van der Waals surface area (Å²) in [6.45, 7) is 2.32. The molecule has 0 aromatic heterocycles. The number of nitrogens with zero attached hydrogens (tertiary/aromatic N) is 1. The summed E-state index contributed by atoms with van der Waals surface area (Å²) in [5.74, 6) is 0.0854. The molecule has 1 aliphatic carbocycles. The lowest BCUT2D eigenvalue weighted by molar-refractivity contribution is -0.126. The Morgan fingerprint density at radius 1 is 1.33 bits per heavy atom. The minimum absolute atomic E-state index is 0.0316. The summed E-state index contributed by atoms with van der Waals surface area (Å²) in [7, 11) is 0. The number of ether oxygens (including phenoxy) is 1. The largest absolute Gasteiger partial charge is 0.395 e. The molecule has 18 heavy (non-hydrogen) atoms. The standard InChI is InChI=1S/C13H24N2O3/c16-9-12-10-18-7-6-15(12)8-13(17)14-11-4-2-1-3-5-11/h11-12,16H,1-10H2,(H,14,17). The van der Waals surface area contributed by atoms with E-state index in [4.69, 9.17) is 4.74 Å². The highest BCUT2D eigenvalue weighted by atomic mass is 16.5. The van der Waals surface area contributed by atoms with Gasteiger partial charge in [0, 0.05) is 12.6 Å². The van der Waals surface area contributed by atoms with E-state index in [0.717, 1.165) is 19.4 Å². The quantitative estimate of drug-likeness (QED) is 0.750. The molecular formula is C13H24N2O3. The minimum atomic E-state index is -0.0316. The molecule has 104 valence electrons. The Morgan fingerprint density at radius 2 is 2.11 bits per heavy atom. The van der Waals surface area contributed by atoms with Gasteiger partial charge in [0.1, 0.15) is 0 Å². The van der Waals surface area contributed by atoms with Crippen molar-refractivity contribution >= 4 is 5.91 Å². The van der Waals surface area contributed by atoms with Crippen LogP contribution in [0, 0.1) is 0 Å². The van der Waals surface area contributed by atoms with Gasteiger partial charge in [-0.05, 0) is 12.8 Å². The van der Waals surface area contributed by atoms with Gasteiger partial charge < -0.3 is 15.2 Å². The third kappa shape index (κ3) is 3.93. The van der Waals surface area contributed by atoms with E-state index in [1.165, 1.54) is 19.3 Å². The van der Waals surface area contributed by atoms with Crippen LogP contribution in [0.25, 0.3) is 0 Å². The number of hydrogen-bond donors (Lipinski definition) is 2. The van der Waals surface area contributed by atoms with Crippen molar-refractivity contribution in [3.8, 4) is 0 Å². The zero-order valence-corrected chi connectivity index (χ0v) is 10.9. The van der Waals surface area contributed by atoms with Crippen LogP contribution in [-0.4, -0.2) is 60.9 Å². The second-order valence-electron chi connectivity index (χ2n) is 5.28. The van der Waals surface area contributed by atoms with Crippen molar-refractivity contribution in [2.24, 2.45) is 0 Å². The van der Waals surface area contributed by atoms with E-state index in [-0.39, 0.29) is 18.6 Å². The highest BCUT2D eigenvalue weighted by Crippen LogP contribution is 2.17. The van der Waals surface area contributed by atoms with Gasteiger partial charge in [-0.25, -0.2) is 0 Å². The molecule has 2 fully saturated rings. The van der Waals surface area contributed by atoms with Gasteiger partial charge in [0.15, 0.2) is 0 Å². The van der Waals surface area contributed by atoms with Gasteiger partial charge >= 0.3 is 0 Å². The number of rotatable bonds is 4. The van der Waals surface area contributed by atoms with Gasteiger partial charge in [0.05, 0.1) is 32.4 Å². The first kappa shape index (κ1) is 13.8. The highest BCUT2D eigenvalue weighted by molar-refractivity contribution is 5.78. The molecule has 5 nitrogen and oxygen atoms in total. The maximum absolute atomic E-state index is 12.0. The van der Waals surface area contributed by atoms with E-state index in [0.29, 0.717) is 25.8 Å². The molecule has 1 amide bonds. The van der Waals surface area contributed by atoms with Crippen LogP contribution in [0.4, 0.5) is 0 Å². The topological polar surface area (TPSA) is 61.8 Å². The summed E-state index contributed by atoms with van der Waals surface area (Å²) in [5.41, 5.74) is 0. The number of nitrogens with one attached hydrogen (secondary N) is 1. The third-order valence-electron chi connectivity index (χ3n) is 3.88. The van der Waals surface area contributed by atoms with Crippen molar-refractivity contribution in [2.75, 3.05) is 32.9 Å². The molecule has 0 bridgehead atoms. The van der Waals surface area contributed by atoms with Crippen LogP contribution < -0.4 is 5.32 Å². The van der Waals surface area contributed by atoms with Gasteiger partial charge in [-0.1, -0.05) is 19.3 Å². The van der Waals surface area contributed by atoms with E-state index in [9.17, 15) is 9.90 Å². The molecule has 1 saturated heterocycles. The fourth-order valence-electron chi connectivity index (χ4n) is 2.77. The van der Waals surface area contributed by atoms with Gasteiger partial charge in [0.2, 0.25) is 5.91 Å². The average molecular weight is 256 g/mol. The molecule has 1 heterocycles. The van der Waals surface area contributed by atoms with Gasteiger partial charge in [-0.15, -0.1) is 0 Å². The maximum atomic E-state index is 12.0. The summed E-state index contributed by atoms with van der Waals surface area (Å²) < 4.78 is 5.30. The maximum Gasteiger partial charge on any atom is 0.234 e. The lowest BCUT2D eigenvalue weighted by atomic mass is 9.95. The highest BCUT2D eigenvalue weighted by Gasteiger charge is 2.25. The lowest BCUT2D eigenvalue weighted by Gasteiger charge is -2.34. The average Bonchev–Trinajstić information content (AvgIpc) is 2.40. The Morgan fingerprint density at radius 3 is 2.83 bits per heavy atom. The Hall–Kier alpha value is -0.650. The first-order valence-corrected chi connectivity index (χ1v) is 7.01. The summed E-state index contributed by atoms with van der Waals surface area (Å²) in [6, 6.07) is 0.329. The molecule has 5 heteroatoms. The van der Waals surface area contributed by atoms with Crippen molar-refractivity contribution in [3.63, 3.8) is 0 Å². The molecule has 2 aliphatic rings. The number of morpholine rings is 1. The van der Waals surface area contributed by atoms with Crippen LogP contribution in [0.5, 0.6) is 0 Å². The monoisotopic (exact) mass is 256 g/mol. The summed E-state index contributed by atoms with van der Waals surface area (Å²) in [6.07, 6.45) is 5.96. The number of amides is 1. The van der Waals surface area contributed by atoms with Crippen LogP contribution in [0.15, 0.2) is 0 Å². The summed E-state index contributed by atoms with van der Waals surface area (Å²) in [4.78, 5) is 14.0. The van der Waals surface area contributed by atoms with Crippen molar-refractivity contribution in [3.05, 3.63) is 0 Å². The second kappa shape index (κ2) is 7.07. The van der Waals surface area contributed by atoms with Gasteiger partial charge in [-0.3, -0.25) is 9.69 Å². The molecule has 2 N–H and O–H groups in total. The summed E-state index contributed by atoms with van der Waals surface area (Å²) in [5, 5.41) is 12.4. The molecule has 1 saturated carbocycles. The van der Waals surface area contributed by atoms with E-state index in [1.807, 2.05) is 4.90 Å². The Kier molecular flexibility index (Phi) is 5.41. The van der Waals surface area contributed by atoms with Gasteiger partial charge in [0.25, 0.3) is 0 Å². The number of aliphatic hydroxyl groups is 1. The fourth-order valence-corrected chi connectivity index (χ4v) is 2.77. The van der Waals surface area contributed by atoms with E-state index in [2.05, 4.69) is 5.32 Å². The molecule has 0 spiro atoms. The smallest absolute Gasteiger partial charge is 0.234 e. The molecular weight excluding hydrogens is 232 g/mol. The predicted octanol–water partition coefficient (Wildman–Crippen LogP) is 0.128. The first-order valence-electron chi connectivity index (χ1n) is 7.01. The van der Waals surface area contributed by atoms with Crippen molar-refractivity contribution < 1.29 is 14.6 Å². The predicted molar refractivity (Wildman–Crippen MR) is 68.3 cm³/mol. The van der Waals surface area contributed by atoms with Crippen molar-refractivity contribution in [1.29, 1.82) is 0 Å². The third-order valence-corrected chi connectivity index (χ3v) is 3.88. The van der Waals surface area contributed by atoms with Crippen molar-refractivity contribution in [2.45, 2.75) is 44.2 Å². The normalized spacial score (nSPS) is 27.1. The molecule has 0 aromatic carbocycles. The minimum Gasteiger partial charge on any atom is -0.395 e. The van der Waals surface area contributed by atoms with Crippen LogP contribution >= 0.6 is 0 Å². The van der Waals surface area contributed by atoms with Crippen LogP contribution in [0.2, 0.25) is 0 Å². The molecule has 0 radical (unpaired) electrons. The zero-order valence-electron chi connectivity index (χ0n) is 10.9. The van der Waals surface area contributed by atoms with Crippen LogP contribution in [-0.2, 0) is 9.53 Å².